The van der Waals surface area contributed by atoms with Gasteiger partial charge >= 0.3 is 12.1 Å². The van der Waals surface area contributed by atoms with Gasteiger partial charge in [0.05, 0.1) is 17.4 Å². The smallest absolute Gasteiger partial charge is 0.416 e. The highest BCUT2D eigenvalue weighted by atomic mass is 19.4. The van der Waals surface area contributed by atoms with E-state index in [9.17, 15) is 23.1 Å². The molecule has 0 heterocycles. The van der Waals surface area contributed by atoms with E-state index < -0.39 is 23.2 Å². The number of anilines is 1. The van der Waals surface area contributed by atoms with Crippen molar-refractivity contribution in [1.82, 2.24) is 0 Å². The monoisotopic (exact) mass is 393 g/mol. The highest BCUT2D eigenvalue weighted by Gasteiger charge is 2.45. The maximum atomic E-state index is 13.0. The zero-order chi connectivity index (χ0) is 20.7. The molecule has 0 spiro atoms. The molecule has 1 atom stereocenters. The number of nitrogens with one attached hydrogen (secondary N) is 1. The van der Waals surface area contributed by atoms with Crippen LogP contribution in [0.2, 0.25) is 0 Å². The van der Waals surface area contributed by atoms with Crippen LogP contribution < -0.4 is 10.1 Å². The number of ether oxygens (including phenoxy) is 1. The van der Waals surface area contributed by atoms with Crippen LogP contribution in [0.25, 0.3) is 0 Å². The summed E-state index contributed by atoms with van der Waals surface area (Å²) in [6.07, 6.45) is -4.54. The van der Waals surface area contributed by atoms with Crippen LogP contribution in [0.4, 0.5) is 18.9 Å². The molecule has 0 bridgehead atoms. The van der Waals surface area contributed by atoms with Crippen LogP contribution in [0, 0.1) is 6.92 Å². The zero-order valence-corrected chi connectivity index (χ0v) is 15.9. The molecule has 0 saturated heterocycles. The first kappa shape index (κ1) is 20.0. The maximum Gasteiger partial charge on any atom is 0.416 e. The van der Waals surface area contributed by atoms with E-state index in [1.165, 1.54) is 6.07 Å². The summed E-state index contributed by atoms with van der Waals surface area (Å²) in [5.41, 5.74) is 0.140. The van der Waals surface area contributed by atoms with Gasteiger partial charge in [-0.3, -0.25) is 0 Å². The average molecular weight is 393 g/mol. The maximum absolute atomic E-state index is 13.0. The van der Waals surface area contributed by atoms with E-state index in [1.54, 1.807) is 12.1 Å². The van der Waals surface area contributed by atoms with Crippen molar-refractivity contribution < 1.29 is 27.8 Å². The molecule has 4 nitrogen and oxygen atoms in total. The first-order valence-corrected chi connectivity index (χ1v) is 8.99. The Hall–Kier alpha value is -2.70. The van der Waals surface area contributed by atoms with Crippen molar-refractivity contribution in [2.24, 2.45) is 0 Å². The van der Waals surface area contributed by atoms with Gasteiger partial charge in [0.2, 0.25) is 0 Å². The molecule has 0 radical (unpaired) electrons. The van der Waals surface area contributed by atoms with Gasteiger partial charge in [0.15, 0.2) is 0 Å². The third-order valence-electron chi connectivity index (χ3n) is 4.87. The van der Waals surface area contributed by atoms with E-state index in [1.807, 2.05) is 26.8 Å². The molecule has 7 heteroatoms. The molecule has 2 aromatic carbocycles. The molecule has 0 amide bonds. The lowest BCUT2D eigenvalue weighted by atomic mass is 9.95. The van der Waals surface area contributed by atoms with Crippen molar-refractivity contribution in [2.75, 3.05) is 5.32 Å². The Kier molecular flexibility index (Phi) is 5.04. The highest BCUT2D eigenvalue weighted by Crippen LogP contribution is 2.40. The molecular formula is C21H22F3NO3. The topological polar surface area (TPSA) is 58.6 Å². The number of aryl methyl sites for hydroxylation is 1. The zero-order valence-electron chi connectivity index (χ0n) is 15.9. The Bertz CT molecular complexity index is 908. The number of hydrogen-bond donors (Lipinski definition) is 2. The molecule has 0 aromatic heterocycles. The van der Waals surface area contributed by atoms with E-state index in [0.29, 0.717) is 22.6 Å². The molecule has 0 aliphatic heterocycles. The van der Waals surface area contributed by atoms with E-state index in [0.717, 1.165) is 17.7 Å². The molecule has 28 heavy (non-hydrogen) atoms. The average Bonchev–Trinajstić information content (AvgIpc) is 2.95. The number of fused-ring (bicyclic) bond motifs is 1. The fourth-order valence-electron chi connectivity index (χ4n) is 3.55. The predicted octanol–water partition coefficient (Wildman–Crippen LogP) is 4.84. The first-order chi connectivity index (χ1) is 13.0. The molecule has 0 fully saturated rings. The lowest BCUT2D eigenvalue weighted by molar-refractivity contribution is -0.142. The number of carboxylic acids is 1. The fraction of sp³-hybridized carbons (Fsp3) is 0.381. The molecule has 1 aliphatic carbocycles. The number of hydrogen-bond acceptors (Lipinski definition) is 3. The molecule has 3 rings (SSSR count). The first-order valence-electron chi connectivity index (χ1n) is 8.99. The second-order valence-corrected chi connectivity index (χ2v) is 7.47. The Morgan fingerprint density at radius 3 is 2.46 bits per heavy atom. The van der Waals surface area contributed by atoms with Gasteiger partial charge in [-0.25, -0.2) is 4.79 Å². The van der Waals surface area contributed by atoms with E-state index >= 15 is 0 Å². The van der Waals surface area contributed by atoms with Gasteiger partial charge < -0.3 is 15.2 Å². The van der Waals surface area contributed by atoms with Gasteiger partial charge in [0.1, 0.15) is 11.3 Å². The molecule has 150 valence electrons. The fourth-order valence-corrected chi connectivity index (χ4v) is 3.55. The molecule has 2 N–H and O–H groups in total. The Morgan fingerprint density at radius 1 is 1.18 bits per heavy atom. The predicted molar refractivity (Wildman–Crippen MR) is 99.8 cm³/mol. The summed E-state index contributed by atoms with van der Waals surface area (Å²) in [5.74, 6) is -0.570. The number of alkyl halides is 3. The number of halogens is 3. The summed E-state index contributed by atoms with van der Waals surface area (Å²) < 4.78 is 44.9. The normalized spacial score (nSPS) is 18.8. The van der Waals surface area contributed by atoms with Gasteiger partial charge in [0, 0.05) is 12.8 Å². The van der Waals surface area contributed by atoms with Crippen LogP contribution in [0.1, 0.15) is 36.1 Å². The van der Waals surface area contributed by atoms with Crippen molar-refractivity contribution in [3.8, 4) is 5.75 Å². The van der Waals surface area contributed by atoms with Crippen molar-refractivity contribution in [2.45, 2.75) is 51.4 Å². The van der Waals surface area contributed by atoms with Crippen LogP contribution in [-0.2, 0) is 23.8 Å². The van der Waals surface area contributed by atoms with Crippen LogP contribution in [0.15, 0.2) is 36.4 Å². The van der Waals surface area contributed by atoms with Crippen molar-refractivity contribution in [3.63, 3.8) is 0 Å². The van der Waals surface area contributed by atoms with Crippen LogP contribution in [0.5, 0.6) is 5.75 Å². The molecular weight excluding hydrogens is 371 g/mol. The summed E-state index contributed by atoms with van der Waals surface area (Å²) >= 11 is 0. The Balaban J connectivity index is 1.98. The lowest BCUT2D eigenvalue weighted by Crippen LogP contribution is -2.47. The SMILES string of the molecule is Cc1cccc(NC2(C(=O)O)Cc3ccc(C(F)(F)F)cc3C2)c1OC(C)C. The summed E-state index contributed by atoms with van der Waals surface area (Å²) in [4.78, 5) is 12.2. The quantitative estimate of drug-likeness (QED) is 0.764. The minimum Gasteiger partial charge on any atom is -0.489 e. The van der Waals surface area contributed by atoms with Gasteiger partial charge in [0.25, 0.3) is 0 Å². The van der Waals surface area contributed by atoms with Gasteiger partial charge in [-0.15, -0.1) is 0 Å². The molecule has 0 saturated carbocycles. The van der Waals surface area contributed by atoms with Crippen molar-refractivity contribution in [1.29, 1.82) is 0 Å². The van der Waals surface area contributed by atoms with E-state index in [4.69, 9.17) is 4.74 Å². The summed E-state index contributed by atoms with van der Waals surface area (Å²) in [6.45, 7) is 5.59. The highest BCUT2D eigenvalue weighted by molar-refractivity contribution is 5.86. The van der Waals surface area contributed by atoms with Crippen LogP contribution in [-0.4, -0.2) is 22.7 Å². The second-order valence-electron chi connectivity index (χ2n) is 7.47. The van der Waals surface area contributed by atoms with E-state index in [2.05, 4.69) is 5.32 Å². The van der Waals surface area contributed by atoms with Crippen LogP contribution in [0.3, 0.4) is 0 Å². The number of rotatable bonds is 5. The third-order valence-corrected chi connectivity index (χ3v) is 4.87. The van der Waals surface area contributed by atoms with Crippen LogP contribution >= 0.6 is 0 Å². The Labute approximate surface area is 161 Å². The Morgan fingerprint density at radius 2 is 1.86 bits per heavy atom. The van der Waals surface area contributed by atoms with Gasteiger partial charge in [-0.1, -0.05) is 18.2 Å². The van der Waals surface area contributed by atoms with Gasteiger partial charge in [-0.05, 0) is 55.7 Å². The van der Waals surface area contributed by atoms with E-state index in [-0.39, 0.29) is 18.9 Å². The minimum absolute atomic E-state index is 0.0450. The summed E-state index contributed by atoms with van der Waals surface area (Å²) in [6, 6.07) is 8.77. The number of carboxylic acid groups (broad SMARTS) is 1. The largest absolute Gasteiger partial charge is 0.489 e. The standard InChI is InChI=1S/C21H22F3NO3/c1-12(2)28-18-13(3)5-4-6-17(18)25-20(19(26)27)10-14-7-8-16(21(22,23)24)9-15(14)11-20/h4-9,12,25H,10-11H2,1-3H3,(H,26,27). The minimum atomic E-state index is -4.47. The van der Waals surface area contributed by atoms with Gasteiger partial charge in [-0.2, -0.15) is 13.2 Å². The second kappa shape index (κ2) is 7.04. The van der Waals surface area contributed by atoms with Crippen molar-refractivity contribution >= 4 is 11.7 Å². The lowest BCUT2D eigenvalue weighted by Gasteiger charge is -2.29. The summed E-state index contributed by atoms with van der Waals surface area (Å²) in [5, 5.41) is 13.0. The molecule has 1 unspecified atom stereocenters. The summed E-state index contributed by atoms with van der Waals surface area (Å²) in [7, 11) is 0. The number of aliphatic carboxylic acids is 1. The molecule has 1 aliphatic rings. The number of benzene rings is 2. The number of carbonyl (C=O) groups is 1. The number of para-hydroxylation sites is 1. The van der Waals surface area contributed by atoms with Crippen molar-refractivity contribution in [3.05, 3.63) is 58.7 Å². The molecule has 2 aromatic rings. The third kappa shape index (κ3) is 3.79.